The van der Waals surface area contributed by atoms with Gasteiger partial charge in [0.25, 0.3) is 5.60 Å². The Labute approximate surface area is 276 Å². The number of hydrogen-bond donors (Lipinski definition) is 0. The van der Waals surface area contributed by atoms with Crippen LogP contribution in [0.1, 0.15) is 43.4 Å². The summed E-state index contributed by atoms with van der Waals surface area (Å²) in [7, 11) is -4.38. The van der Waals surface area contributed by atoms with E-state index in [1.807, 2.05) is 0 Å². The van der Waals surface area contributed by atoms with Gasteiger partial charge in [-0.1, -0.05) is 30.3 Å². The van der Waals surface area contributed by atoms with Crippen molar-refractivity contribution in [2.24, 2.45) is 0 Å². The lowest BCUT2D eigenvalue weighted by atomic mass is 9.88. The Morgan fingerprint density at radius 1 is 0.837 bits per heavy atom. The number of ether oxygens (including phenoxy) is 1. The molecule has 2 aromatic rings. The standard InChI is InChI=1S/C31H34F9N3O5S/c1-18(32)19(2)49(46,47)27-16-43(28(45)42-13-11-41(12-14-42)20(3)44)15-23(27)21-7-9-22(10-8-21)29(30(35,36)37,31(38,39)40)48-17-24-25(33)5-4-6-26(24)34/h4-10,18-19,23,27H,11-17H2,1-3H3/t18?,19-,23-,27+/m0/s1. The van der Waals surface area contributed by atoms with Crippen LogP contribution >= 0.6 is 0 Å². The molecule has 18 heteroatoms. The van der Waals surface area contributed by atoms with E-state index in [0.717, 1.165) is 32.0 Å². The molecule has 0 saturated carbocycles. The Kier molecular flexibility index (Phi) is 10.9. The molecule has 49 heavy (non-hydrogen) atoms. The lowest BCUT2D eigenvalue weighted by Gasteiger charge is -2.37. The van der Waals surface area contributed by atoms with E-state index in [1.54, 1.807) is 0 Å². The maximum atomic E-state index is 14.4. The third kappa shape index (κ3) is 7.35. The van der Waals surface area contributed by atoms with Crippen molar-refractivity contribution in [3.8, 4) is 0 Å². The van der Waals surface area contributed by atoms with Crippen LogP contribution in [0.15, 0.2) is 42.5 Å². The molecule has 0 bridgehead atoms. The molecule has 3 amide bonds. The second-order valence-electron chi connectivity index (χ2n) is 12.1. The number of halogens is 9. The van der Waals surface area contributed by atoms with Crippen LogP contribution in [0.25, 0.3) is 0 Å². The fraction of sp³-hybridized carbons (Fsp3) is 0.548. The monoisotopic (exact) mass is 731 g/mol. The fourth-order valence-corrected chi connectivity index (χ4v) is 8.25. The van der Waals surface area contributed by atoms with Crippen LogP contribution in [0.5, 0.6) is 0 Å². The summed E-state index contributed by atoms with van der Waals surface area (Å²) in [6.07, 6.45) is -14.3. The van der Waals surface area contributed by atoms with Gasteiger partial charge in [-0.2, -0.15) is 26.3 Å². The number of rotatable bonds is 8. The molecule has 272 valence electrons. The summed E-state index contributed by atoms with van der Waals surface area (Å²) in [6.45, 7) is 1.64. The normalized spacial score (nSPS) is 20.8. The average molecular weight is 732 g/mol. The molecular weight excluding hydrogens is 697 g/mol. The number of urea groups is 1. The molecule has 0 N–H and O–H groups in total. The zero-order chi connectivity index (χ0) is 36.7. The molecule has 2 fully saturated rings. The number of amides is 3. The number of hydrogen-bond acceptors (Lipinski definition) is 5. The number of nitrogens with zero attached hydrogens (tertiary/aromatic N) is 3. The first-order chi connectivity index (χ1) is 22.6. The lowest BCUT2D eigenvalue weighted by Crippen LogP contribution is -2.55. The first-order valence-corrected chi connectivity index (χ1v) is 16.7. The van der Waals surface area contributed by atoms with Gasteiger partial charge >= 0.3 is 18.4 Å². The number of benzene rings is 2. The van der Waals surface area contributed by atoms with Gasteiger partial charge in [0.15, 0.2) is 9.84 Å². The molecule has 2 heterocycles. The quantitative estimate of drug-likeness (QED) is 0.325. The van der Waals surface area contributed by atoms with Crippen LogP contribution in [-0.4, -0.2) is 103 Å². The van der Waals surface area contributed by atoms with E-state index < -0.39 is 92.3 Å². The third-order valence-corrected chi connectivity index (χ3v) is 11.9. The largest absolute Gasteiger partial charge is 0.430 e. The predicted molar refractivity (Wildman–Crippen MR) is 158 cm³/mol. The van der Waals surface area contributed by atoms with Crippen molar-refractivity contribution in [2.75, 3.05) is 39.3 Å². The summed E-state index contributed by atoms with van der Waals surface area (Å²) in [5.41, 5.74) is -7.80. The maximum absolute atomic E-state index is 14.4. The maximum Gasteiger partial charge on any atom is 0.430 e. The molecule has 0 radical (unpaired) electrons. The molecular formula is C31H34F9N3O5S. The number of sulfone groups is 1. The van der Waals surface area contributed by atoms with E-state index in [2.05, 4.69) is 4.74 Å². The van der Waals surface area contributed by atoms with E-state index in [1.165, 1.54) is 21.6 Å². The minimum absolute atomic E-state index is 0.0638. The highest BCUT2D eigenvalue weighted by atomic mass is 32.2. The van der Waals surface area contributed by atoms with Gasteiger partial charge in [0.2, 0.25) is 5.91 Å². The highest BCUT2D eigenvalue weighted by Crippen LogP contribution is 2.53. The highest BCUT2D eigenvalue weighted by Gasteiger charge is 2.73. The molecule has 2 aromatic carbocycles. The van der Waals surface area contributed by atoms with E-state index in [4.69, 9.17) is 0 Å². The number of alkyl halides is 7. The Balaban J connectivity index is 1.71. The van der Waals surface area contributed by atoms with E-state index in [9.17, 15) is 57.5 Å². The predicted octanol–water partition coefficient (Wildman–Crippen LogP) is 5.71. The van der Waals surface area contributed by atoms with Crippen LogP contribution in [0, 0.1) is 11.6 Å². The first-order valence-electron chi connectivity index (χ1n) is 15.1. The van der Waals surface area contributed by atoms with Gasteiger partial charge in [0.1, 0.15) is 17.8 Å². The van der Waals surface area contributed by atoms with Crippen molar-refractivity contribution in [3.05, 3.63) is 70.8 Å². The SMILES string of the molecule is CC(=O)N1CCN(C(=O)N2C[C@@H](S(=O)(=O)[C@@H](C)C(C)F)[C@H](c3ccc(C(OCc4c(F)cccc4F)(C(F)(F)F)C(F)(F)F)cc3)C2)CC1. The summed E-state index contributed by atoms with van der Waals surface area (Å²) >= 11 is 0. The van der Waals surface area contributed by atoms with Crippen molar-refractivity contribution in [3.63, 3.8) is 0 Å². The van der Waals surface area contributed by atoms with Gasteiger partial charge in [-0.25, -0.2) is 26.4 Å². The van der Waals surface area contributed by atoms with Crippen molar-refractivity contribution in [2.45, 2.75) is 67.9 Å². The van der Waals surface area contributed by atoms with Crippen LogP contribution < -0.4 is 0 Å². The van der Waals surface area contributed by atoms with Gasteiger partial charge in [-0.15, -0.1) is 0 Å². The number of carbonyl (C=O) groups excluding carboxylic acids is 2. The number of likely N-dealkylation sites (tertiary alicyclic amines) is 1. The van der Waals surface area contributed by atoms with E-state index >= 15 is 0 Å². The summed E-state index contributed by atoms with van der Waals surface area (Å²) in [4.78, 5) is 29.2. The molecule has 2 aliphatic heterocycles. The van der Waals surface area contributed by atoms with Gasteiger partial charge in [-0.3, -0.25) is 4.79 Å². The zero-order valence-electron chi connectivity index (χ0n) is 26.5. The lowest BCUT2D eigenvalue weighted by molar-refractivity contribution is -0.392. The van der Waals surface area contributed by atoms with E-state index in [0.29, 0.717) is 24.3 Å². The first kappa shape index (κ1) is 38.3. The number of piperazine rings is 1. The minimum atomic E-state index is -6.20. The molecule has 8 nitrogen and oxygen atoms in total. The number of carbonyl (C=O) groups is 2. The topological polar surface area (TPSA) is 87.2 Å². The smallest absolute Gasteiger partial charge is 0.349 e. The Morgan fingerprint density at radius 2 is 1.35 bits per heavy atom. The highest BCUT2D eigenvalue weighted by molar-refractivity contribution is 7.92. The summed E-state index contributed by atoms with van der Waals surface area (Å²) in [5, 5.41) is -3.05. The molecule has 2 saturated heterocycles. The Morgan fingerprint density at radius 3 is 1.82 bits per heavy atom. The van der Waals surface area contributed by atoms with E-state index in [-0.39, 0.29) is 44.2 Å². The van der Waals surface area contributed by atoms with Crippen LogP contribution in [-0.2, 0) is 31.6 Å². The summed E-state index contributed by atoms with van der Waals surface area (Å²) in [5.74, 6) is -4.26. The molecule has 1 unspecified atom stereocenters. The second-order valence-corrected chi connectivity index (χ2v) is 14.6. The van der Waals surface area contributed by atoms with Crippen molar-refractivity contribution >= 4 is 21.8 Å². The minimum Gasteiger partial charge on any atom is -0.349 e. The Hall–Kier alpha value is -3.54. The van der Waals surface area contributed by atoms with Crippen LogP contribution in [0.2, 0.25) is 0 Å². The zero-order valence-corrected chi connectivity index (χ0v) is 27.3. The van der Waals surface area contributed by atoms with Crippen molar-refractivity contribution in [1.29, 1.82) is 0 Å². The summed E-state index contributed by atoms with van der Waals surface area (Å²) < 4.78 is 161. The molecule has 0 aromatic heterocycles. The second kappa shape index (κ2) is 14.0. The van der Waals surface area contributed by atoms with Crippen LogP contribution in [0.4, 0.5) is 44.3 Å². The summed E-state index contributed by atoms with van der Waals surface area (Å²) in [6, 6.07) is 4.02. The Bertz CT molecular complexity index is 1590. The fourth-order valence-electron chi connectivity index (χ4n) is 6.08. The van der Waals surface area contributed by atoms with Gasteiger partial charge in [-0.05, 0) is 31.5 Å². The molecule has 0 aliphatic carbocycles. The van der Waals surface area contributed by atoms with Gasteiger partial charge in [0, 0.05) is 63.2 Å². The van der Waals surface area contributed by atoms with Crippen molar-refractivity contribution in [1.82, 2.24) is 14.7 Å². The van der Waals surface area contributed by atoms with Crippen LogP contribution in [0.3, 0.4) is 0 Å². The molecule has 2 aliphatic rings. The molecule has 4 atom stereocenters. The third-order valence-electron chi connectivity index (χ3n) is 9.16. The molecule has 0 spiro atoms. The van der Waals surface area contributed by atoms with Gasteiger partial charge < -0.3 is 19.4 Å². The van der Waals surface area contributed by atoms with Gasteiger partial charge in [0.05, 0.1) is 17.1 Å². The van der Waals surface area contributed by atoms with Crippen molar-refractivity contribution < 1.29 is 62.3 Å². The molecule has 4 rings (SSSR count). The average Bonchev–Trinajstić information content (AvgIpc) is 3.47.